The Labute approximate surface area is 163 Å². The van der Waals surface area contributed by atoms with Crippen LogP contribution in [0.4, 0.5) is 0 Å². The molecule has 7 heteroatoms. The highest BCUT2D eigenvalue weighted by Crippen LogP contribution is 2.33. The highest BCUT2D eigenvalue weighted by atomic mass is 32.1. The third-order valence-electron chi connectivity index (χ3n) is 5.42. The Bertz CT molecular complexity index is 775. The van der Waals surface area contributed by atoms with Crippen molar-refractivity contribution in [1.82, 2.24) is 14.8 Å². The topological polar surface area (TPSA) is 62.7 Å². The van der Waals surface area contributed by atoms with E-state index in [-0.39, 0.29) is 11.8 Å². The number of benzene rings is 1. The van der Waals surface area contributed by atoms with Gasteiger partial charge in [-0.3, -0.25) is 9.59 Å². The number of carbonyl (C=O) groups is 2. The number of ether oxygens (including phenoxy) is 1. The molecule has 27 heavy (non-hydrogen) atoms. The molecule has 2 fully saturated rings. The molecule has 0 atom stereocenters. The lowest BCUT2D eigenvalue weighted by Crippen LogP contribution is -2.42. The van der Waals surface area contributed by atoms with E-state index in [1.54, 1.807) is 16.2 Å². The number of likely N-dealkylation sites (tertiary alicyclic amines) is 1. The second-order valence-electron chi connectivity index (χ2n) is 7.17. The van der Waals surface area contributed by atoms with E-state index in [0.29, 0.717) is 45.1 Å². The van der Waals surface area contributed by atoms with E-state index >= 15 is 0 Å². The maximum Gasteiger partial charge on any atom is 0.223 e. The number of hydrogen-bond donors (Lipinski definition) is 0. The number of amides is 2. The first kappa shape index (κ1) is 18.4. The predicted molar refractivity (Wildman–Crippen MR) is 105 cm³/mol. The van der Waals surface area contributed by atoms with Crippen LogP contribution in [0, 0.1) is 0 Å². The van der Waals surface area contributed by atoms with E-state index in [1.165, 1.54) is 9.71 Å². The standard InChI is InChI=1S/C20H25N3O3S/c24-18(5-6-19(25)23-11-13-26-14-12-23)22-9-7-15(8-10-22)20-21-16-3-1-2-4-17(16)27-20/h1-4,15H,5-14H2. The van der Waals surface area contributed by atoms with Gasteiger partial charge in [-0.15, -0.1) is 11.3 Å². The zero-order valence-corrected chi connectivity index (χ0v) is 16.2. The van der Waals surface area contributed by atoms with E-state index in [9.17, 15) is 9.59 Å². The molecule has 144 valence electrons. The summed E-state index contributed by atoms with van der Waals surface area (Å²) in [7, 11) is 0. The van der Waals surface area contributed by atoms with E-state index in [2.05, 4.69) is 12.1 Å². The monoisotopic (exact) mass is 387 g/mol. The molecule has 0 bridgehead atoms. The van der Waals surface area contributed by atoms with Crippen molar-refractivity contribution in [2.75, 3.05) is 39.4 Å². The zero-order valence-electron chi connectivity index (χ0n) is 15.4. The lowest BCUT2D eigenvalue weighted by Gasteiger charge is -2.31. The molecule has 1 aromatic heterocycles. The lowest BCUT2D eigenvalue weighted by atomic mass is 9.97. The van der Waals surface area contributed by atoms with Crippen LogP contribution in [0.5, 0.6) is 0 Å². The largest absolute Gasteiger partial charge is 0.378 e. The van der Waals surface area contributed by atoms with Crippen LogP contribution < -0.4 is 0 Å². The summed E-state index contributed by atoms with van der Waals surface area (Å²) < 4.78 is 6.49. The van der Waals surface area contributed by atoms with Gasteiger partial charge in [-0.05, 0) is 25.0 Å². The molecule has 3 heterocycles. The summed E-state index contributed by atoms with van der Waals surface area (Å²) in [6, 6.07) is 8.23. The third-order valence-corrected chi connectivity index (χ3v) is 6.62. The number of piperidine rings is 1. The van der Waals surface area contributed by atoms with Gasteiger partial charge in [0.25, 0.3) is 0 Å². The van der Waals surface area contributed by atoms with Gasteiger partial charge in [0.15, 0.2) is 0 Å². The molecule has 2 aliphatic rings. The third kappa shape index (κ3) is 4.30. The summed E-state index contributed by atoms with van der Waals surface area (Å²) >= 11 is 1.77. The van der Waals surface area contributed by atoms with Gasteiger partial charge < -0.3 is 14.5 Å². The molecule has 2 amide bonds. The predicted octanol–water partition coefficient (Wildman–Crippen LogP) is 2.64. The normalized spacial score (nSPS) is 18.8. The smallest absolute Gasteiger partial charge is 0.223 e. The molecule has 2 aliphatic heterocycles. The minimum absolute atomic E-state index is 0.0658. The molecule has 0 radical (unpaired) electrons. The maximum atomic E-state index is 12.5. The average Bonchev–Trinajstić information content (AvgIpc) is 3.17. The molecule has 0 unspecified atom stereocenters. The Hall–Kier alpha value is -1.99. The molecule has 0 N–H and O–H groups in total. The second kappa shape index (κ2) is 8.35. The number of rotatable bonds is 4. The Morgan fingerprint density at radius 1 is 1.00 bits per heavy atom. The molecule has 4 rings (SSSR count). The van der Waals surface area contributed by atoms with Gasteiger partial charge in [0.05, 0.1) is 28.4 Å². The molecule has 6 nitrogen and oxygen atoms in total. The van der Waals surface area contributed by atoms with Gasteiger partial charge in [-0.25, -0.2) is 4.98 Å². The molecule has 2 saturated heterocycles. The van der Waals surface area contributed by atoms with Gasteiger partial charge in [-0.2, -0.15) is 0 Å². The number of carbonyl (C=O) groups excluding carboxylic acids is 2. The Kier molecular flexibility index (Phi) is 5.69. The zero-order chi connectivity index (χ0) is 18.6. The first-order chi connectivity index (χ1) is 13.2. The van der Waals surface area contributed by atoms with Crippen LogP contribution >= 0.6 is 11.3 Å². The summed E-state index contributed by atoms with van der Waals surface area (Å²) in [6.07, 6.45) is 2.50. The van der Waals surface area contributed by atoms with Crippen molar-refractivity contribution in [3.05, 3.63) is 29.3 Å². The Morgan fingerprint density at radius 2 is 1.63 bits per heavy atom. The summed E-state index contributed by atoms with van der Waals surface area (Å²) in [5.41, 5.74) is 1.07. The molecule has 2 aromatic rings. The molecule has 0 aliphatic carbocycles. The van der Waals surface area contributed by atoms with Gasteiger partial charge in [0, 0.05) is 44.9 Å². The number of hydrogen-bond acceptors (Lipinski definition) is 5. The van der Waals surface area contributed by atoms with Crippen LogP contribution in [0.2, 0.25) is 0 Å². The van der Waals surface area contributed by atoms with Crippen LogP contribution in [0.15, 0.2) is 24.3 Å². The van der Waals surface area contributed by atoms with Crippen LogP contribution in [0.25, 0.3) is 10.2 Å². The molecule has 1 aromatic carbocycles. The van der Waals surface area contributed by atoms with Crippen molar-refractivity contribution in [2.45, 2.75) is 31.6 Å². The molecule has 0 saturated carbocycles. The number of nitrogens with zero attached hydrogens (tertiary/aromatic N) is 3. The van der Waals surface area contributed by atoms with E-state index < -0.39 is 0 Å². The number of para-hydroxylation sites is 1. The second-order valence-corrected chi connectivity index (χ2v) is 8.23. The number of thiazole rings is 1. The lowest BCUT2D eigenvalue weighted by molar-refractivity contribution is -0.139. The van der Waals surface area contributed by atoms with Gasteiger partial charge >= 0.3 is 0 Å². The summed E-state index contributed by atoms with van der Waals surface area (Å²) in [5, 5.41) is 1.19. The highest BCUT2D eigenvalue weighted by molar-refractivity contribution is 7.18. The van der Waals surface area contributed by atoms with Crippen molar-refractivity contribution < 1.29 is 14.3 Å². The first-order valence-electron chi connectivity index (χ1n) is 9.69. The van der Waals surface area contributed by atoms with Gasteiger partial charge in [0.1, 0.15) is 0 Å². The van der Waals surface area contributed by atoms with Crippen LogP contribution in [0.1, 0.15) is 36.6 Å². The Morgan fingerprint density at radius 3 is 2.30 bits per heavy atom. The van der Waals surface area contributed by atoms with E-state index in [0.717, 1.165) is 31.4 Å². The maximum absolute atomic E-state index is 12.5. The van der Waals surface area contributed by atoms with Crippen LogP contribution in [-0.4, -0.2) is 66.0 Å². The SMILES string of the molecule is O=C(CCC(=O)N1CCC(c2nc3ccccc3s2)CC1)N1CCOCC1. The molecular formula is C20H25N3O3S. The summed E-state index contributed by atoms with van der Waals surface area (Å²) in [6.45, 7) is 3.98. The quantitative estimate of drug-likeness (QED) is 0.809. The van der Waals surface area contributed by atoms with Crippen molar-refractivity contribution in [2.24, 2.45) is 0 Å². The summed E-state index contributed by atoms with van der Waals surface area (Å²) in [5.74, 6) is 0.594. The number of fused-ring (bicyclic) bond motifs is 1. The fraction of sp³-hybridized carbons (Fsp3) is 0.550. The minimum atomic E-state index is 0.0658. The van der Waals surface area contributed by atoms with Crippen molar-refractivity contribution in [1.29, 1.82) is 0 Å². The van der Waals surface area contributed by atoms with Crippen LogP contribution in [-0.2, 0) is 14.3 Å². The fourth-order valence-corrected chi connectivity index (χ4v) is 4.92. The minimum Gasteiger partial charge on any atom is -0.378 e. The first-order valence-corrected chi connectivity index (χ1v) is 10.5. The van der Waals surface area contributed by atoms with E-state index in [4.69, 9.17) is 9.72 Å². The number of morpholine rings is 1. The highest BCUT2D eigenvalue weighted by Gasteiger charge is 2.26. The van der Waals surface area contributed by atoms with Crippen molar-refractivity contribution >= 4 is 33.4 Å². The number of aromatic nitrogens is 1. The molecule has 0 spiro atoms. The Balaban J connectivity index is 1.25. The van der Waals surface area contributed by atoms with Crippen molar-refractivity contribution in [3.8, 4) is 0 Å². The van der Waals surface area contributed by atoms with Crippen LogP contribution in [0.3, 0.4) is 0 Å². The average molecular weight is 388 g/mol. The summed E-state index contributed by atoms with van der Waals surface area (Å²) in [4.78, 5) is 33.2. The van der Waals surface area contributed by atoms with Crippen molar-refractivity contribution in [3.63, 3.8) is 0 Å². The van der Waals surface area contributed by atoms with E-state index in [1.807, 2.05) is 17.0 Å². The van der Waals surface area contributed by atoms with Gasteiger partial charge in [0.2, 0.25) is 11.8 Å². The van der Waals surface area contributed by atoms with Gasteiger partial charge in [-0.1, -0.05) is 12.1 Å². The molecular weight excluding hydrogens is 362 g/mol. The fourth-order valence-electron chi connectivity index (χ4n) is 3.78.